The zero-order chi connectivity index (χ0) is 19.2. The van der Waals surface area contributed by atoms with Gasteiger partial charge in [0.25, 0.3) is 11.8 Å². The van der Waals surface area contributed by atoms with E-state index in [0.29, 0.717) is 0 Å². The van der Waals surface area contributed by atoms with Gasteiger partial charge >= 0.3 is 6.18 Å². The van der Waals surface area contributed by atoms with E-state index in [1.54, 1.807) is 6.92 Å². The van der Waals surface area contributed by atoms with Gasteiger partial charge < -0.3 is 20.1 Å². The van der Waals surface area contributed by atoms with E-state index in [4.69, 9.17) is 26.8 Å². The minimum atomic E-state index is -4.37. The van der Waals surface area contributed by atoms with E-state index in [1.165, 1.54) is 19.2 Å². The maximum Gasteiger partial charge on any atom is 0.390 e. The molecule has 0 aliphatic rings. The van der Waals surface area contributed by atoms with Crippen LogP contribution in [0.1, 0.15) is 23.7 Å². The molecule has 25 heavy (non-hydrogen) atoms. The summed E-state index contributed by atoms with van der Waals surface area (Å²) >= 11 is 6.03. The SMILES string of the molecule is CCN(CCC(F)(F)F)C(=O)c1cc(Cl)c(OCC(N)=O)c(OC)c1. The second-order valence-electron chi connectivity index (χ2n) is 4.99. The zero-order valence-corrected chi connectivity index (χ0v) is 14.4. The summed E-state index contributed by atoms with van der Waals surface area (Å²) in [6.45, 7) is 0.737. The standard InChI is InChI=1S/C15H18ClF3N2O4/c1-3-21(5-4-15(17,18)19)14(23)9-6-10(16)13(11(7-9)24-2)25-8-12(20)22/h6-7H,3-5,8H2,1-2H3,(H2,20,22). The number of amides is 2. The summed E-state index contributed by atoms with van der Waals surface area (Å²) < 4.78 is 47.3. The molecule has 0 spiro atoms. The third-order valence-corrected chi connectivity index (χ3v) is 3.45. The van der Waals surface area contributed by atoms with Gasteiger partial charge in [0.1, 0.15) is 0 Å². The van der Waals surface area contributed by atoms with Crippen LogP contribution in [0.2, 0.25) is 5.02 Å². The van der Waals surface area contributed by atoms with Gasteiger partial charge in [0.2, 0.25) is 0 Å². The number of halogens is 4. The molecule has 140 valence electrons. The van der Waals surface area contributed by atoms with E-state index >= 15 is 0 Å². The van der Waals surface area contributed by atoms with Gasteiger partial charge in [-0.25, -0.2) is 0 Å². The van der Waals surface area contributed by atoms with Crippen LogP contribution in [0, 0.1) is 0 Å². The predicted molar refractivity (Wildman–Crippen MR) is 84.9 cm³/mol. The first-order chi connectivity index (χ1) is 11.6. The number of ether oxygens (including phenoxy) is 2. The van der Waals surface area contributed by atoms with Crippen molar-refractivity contribution in [3.05, 3.63) is 22.7 Å². The number of rotatable bonds is 8. The average molecular weight is 383 g/mol. The number of hydrogen-bond acceptors (Lipinski definition) is 4. The quantitative estimate of drug-likeness (QED) is 0.749. The second-order valence-corrected chi connectivity index (χ2v) is 5.40. The largest absolute Gasteiger partial charge is 0.493 e. The fourth-order valence-corrected chi connectivity index (χ4v) is 2.24. The summed E-state index contributed by atoms with van der Waals surface area (Å²) in [6.07, 6.45) is -5.48. The number of benzene rings is 1. The summed E-state index contributed by atoms with van der Waals surface area (Å²) in [5, 5.41) is -0.0316. The smallest absolute Gasteiger partial charge is 0.390 e. The molecule has 2 N–H and O–H groups in total. The number of methoxy groups -OCH3 is 1. The Labute approximate surface area is 147 Å². The van der Waals surface area contributed by atoms with Crippen LogP contribution in [0.3, 0.4) is 0 Å². The average Bonchev–Trinajstić information content (AvgIpc) is 2.52. The van der Waals surface area contributed by atoms with Crippen molar-refractivity contribution in [3.63, 3.8) is 0 Å². The van der Waals surface area contributed by atoms with Crippen LogP contribution in [-0.2, 0) is 4.79 Å². The highest BCUT2D eigenvalue weighted by molar-refractivity contribution is 6.32. The van der Waals surface area contributed by atoms with Gasteiger partial charge in [-0.1, -0.05) is 11.6 Å². The van der Waals surface area contributed by atoms with Crippen LogP contribution in [0.15, 0.2) is 12.1 Å². The lowest BCUT2D eigenvalue weighted by atomic mass is 10.1. The van der Waals surface area contributed by atoms with Crippen molar-refractivity contribution in [2.45, 2.75) is 19.5 Å². The summed E-state index contributed by atoms with van der Waals surface area (Å²) in [5.41, 5.74) is 5.02. The minimum Gasteiger partial charge on any atom is -0.493 e. The molecule has 1 aromatic carbocycles. The van der Waals surface area contributed by atoms with Crippen molar-refractivity contribution in [1.82, 2.24) is 4.90 Å². The Hall–Kier alpha value is -2.16. The van der Waals surface area contributed by atoms with E-state index in [1.807, 2.05) is 0 Å². The second kappa shape index (κ2) is 8.80. The van der Waals surface area contributed by atoms with Crippen molar-refractivity contribution in [3.8, 4) is 11.5 Å². The first-order valence-electron chi connectivity index (χ1n) is 7.23. The Balaban J connectivity index is 3.05. The zero-order valence-electron chi connectivity index (χ0n) is 13.7. The maximum atomic E-state index is 12.4. The summed E-state index contributed by atoms with van der Waals surface area (Å²) in [7, 11) is 1.29. The monoisotopic (exact) mass is 382 g/mol. The first kappa shape index (κ1) is 20.9. The van der Waals surface area contributed by atoms with Gasteiger partial charge in [0, 0.05) is 18.7 Å². The number of carbonyl (C=O) groups is 2. The van der Waals surface area contributed by atoms with E-state index < -0.39 is 37.6 Å². The number of nitrogens with zero attached hydrogens (tertiary/aromatic N) is 1. The topological polar surface area (TPSA) is 81.9 Å². The lowest BCUT2D eigenvalue weighted by Gasteiger charge is -2.22. The van der Waals surface area contributed by atoms with Crippen LogP contribution in [0.25, 0.3) is 0 Å². The molecule has 0 heterocycles. The van der Waals surface area contributed by atoms with Crippen LogP contribution < -0.4 is 15.2 Å². The van der Waals surface area contributed by atoms with Crippen molar-refractivity contribution in [1.29, 1.82) is 0 Å². The van der Waals surface area contributed by atoms with Crippen molar-refractivity contribution >= 4 is 23.4 Å². The molecule has 0 aliphatic carbocycles. The van der Waals surface area contributed by atoms with Crippen molar-refractivity contribution in [2.75, 3.05) is 26.8 Å². The molecule has 1 aromatic rings. The number of carbonyl (C=O) groups excluding carboxylic acids is 2. The van der Waals surface area contributed by atoms with E-state index in [-0.39, 0.29) is 28.6 Å². The maximum absolute atomic E-state index is 12.4. The van der Waals surface area contributed by atoms with Crippen LogP contribution in [0.4, 0.5) is 13.2 Å². The van der Waals surface area contributed by atoms with Crippen molar-refractivity contribution < 1.29 is 32.2 Å². The Morgan fingerprint density at radius 2 is 1.96 bits per heavy atom. The number of primary amides is 1. The molecule has 0 aliphatic heterocycles. The Bertz CT molecular complexity index is 638. The van der Waals surface area contributed by atoms with Crippen LogP contribution in [0.5, 0.6) is 11.5 Å². The molecule has 0 unspecified atom stereocenters. The normalized spacial score (nSPS) is 11.1. The van der Waals surface area contributed by atoms with Gasteiger partial charge in [-0.3, -0.25) is 9.59 Å². The van der Waals surface area contributed by atoms with Gasteiger partial charge in [0.15, 0.2) is 18.1 Å². The Morgan fingerprint density at radius 3 is 2.44 bits per heavy atom. The van der Waals surface area contributed by atoms with E-state index in [0.717, 1.165) is 4.90 Å². The summed E-state index contributed by atoms with van der Waals surface area (Å²) in [5.74, 6) is -1.29. The highest BCUT2D eigenvalue weighted by atomic mass is 35.5. The molecule has 6 nitrogen and oxygen atoms in total. The van der Waals surface area contributed by atoms with Gasteiger partial charge in [-0.15, -0.1) is 0 Å². The molecule has 0 bridgehead atoms. The lowest BCUT2D eigenvalue weighted by molar-refractivity contribution is -0.136. The molecule has 0 fully saturated rings. The summed E-state index contributed by atoms with van der Waals surface area (Å²) in [4.78, 5) is 24.3. The number of nitrogens with two attached hydrogens (primary N) is 1. The van der Waals surface area contributed by atoms with Crippen molar-refractivity contribution in [2.24, 2.45) is 5.73 Å². The third-order valence-electron chi connectivity index (χ3n) is 3.17. The van der Waals surface area contributed by atoms with Gasteiger partial charge in [-0.05, 0) is 19.1 Å². The third kappa shape index (κ3) is 6.33. The van der Waals surface area contributed by atoms with Crippen LogP contribution in [-0.4, -0.2) is 49.7 Å². The Kier molecular flexibility index (Phi) is 7.35. The number of hydrogen-bond donors (Lipinski definition) is 1. The molecule has 2 amide bonds. The van der Waals surface area contributed by atoms with E-state index in [9.17, 15) is 22.8 Å². The van der Waals surface area contributed by atoms with Gasteiger partial charge in [0.05, 0.1) is 18.6 Å². The fourth-order valence-electron chi connectivity index (χ4n) is 1.97. The molecule has 0 saturated heterocycles. The molecule has 1 rings (SSSR count). The number of alkyl halides is 3. The highest BCUT2D eigenvalue weighted by Crippen LogP contribution is 2.36. The molecule has 0 radical (unpaired) electrons. The van der Waals surface area contributed by atoms with Gasteiger partial charge in [-0.2, -0.15) is 13.2 Å². The molecular formula is C15H18ClF3N2O4. The molecule has 10 heteroatoms. The Morgan fingerprint density at radius 1 is 1.32 bits per heavy atom. The van der Waals surface area contributed by atoms with E-state index in [2.05, 4.69) is 0 Å². The van der Waals surface area contributed by atoms with Crippen LogP contribution >= 0.6 is 11.6 Å². The highest BCUT2D eigenvalue weighted by Gasteiger charge is 2.29. The lowest BCUT2D eigenvalue weighted by Crippen LogP contribution is -2.34. The first-order valence-corrected chi connectivity index (χ1v) is 7.61. The minimum absolute atomic E-state index is 0.0119. The molecule has 0 aromatic heterocycles. The fraction of sp³-hybridized carbons (Fsp3) is 0.467. The molecule has 0 saturated carbocycles. The molecular weight excluding hydrogens is 365 g/mol. The predicted octanol–water partition coefficient (Wildman–Crippen LogP) is 2.63. The summed E-state index contributed by atoms with van der Waals surface area (Å²) in [6, 6.07) is 2.51. The molecule has 0 atom stereocenters.